The third-order valence-electron chi connectivity index (χ3n) is 2.89. The minimum Gasteiger partial charge on any atom is -0.314 e. The Kier molecular flexibility index (Phi) is 3.44. The summed E-state index contributed by atoms with van der Waals surface area (Å²) in [4.78, 5) is 0. The molecule has 3 nitrogen and oxygen atoms in total. The summed E-state index contributed by atoms with van der Waals surface area (Å²) in [5, 5.41) is 2.44. The third kappa shape index (κ3) is 2.81. The van der Waals surface area contributed by atoms with Crippen LogP contribution in [-0.4, -0.2) is 32.5 Å². The van der Waals surface area contributed by atoms with E-state index in [4.69, 9.17) is 0 Å². The van der Waals surface area contributed by atoms with E-state index in [2.05, 4.69) is 5.32 Å². The fraction of sp³-hybridized carbons (Fsp3) is 0.455. The molecule has 0 aromatic heterocycles. The molecule has 0 amide bonds. The summed E-state index contributed by atoms with van der Waals surface area (Å²) in [5.41, 5.74) is 0.501. The van der Waals surface area contributed by atoms with Gasteiger partial charge in [0.05, 0.1) is 11.0 Å². The van der Waals surface area contributed by atoms with Crippen molar-refractivity contribution in [2.24, 2.45) is 0 Å². The van der Waals surface area contributed by atoms with E-state index in [9.17, 15) is 17.2 Å². The van der Waals surface area contributed by atoms with E-state index in [1.807, 2.05) is 0 Å². The van der Waals surface area contributed by atoms with Crippen LogP contribution < -0.4 is 5.32 Å². The molecule has 0 spiro atoms. The smallest absolute Gasteiger partial charge is 0.159 e. The molecule has 17 heavy (non-hydrogen) atoms. The van der Waals surface area contributed by atoms with Crippen LogP contribution in [0.5, 0.6) is 0 Å². The summed E-state index contributed by atoms with van der Waals surface area (Å²) >= 11 is 0. The van der Waals surface area contributed by atoms with Crippen LogP contribution in [-0.2, 0) is 16.3 Å². The number of hydrogen-bond donors (Lipinski definition) is 1. The van der Waals surface area contributed by atoms with Crippen molar-refractivity contribution >= 4 is 9.84 Å². The molecule has 1 aromatic rings. The second-order valence-electron chi connectivity index (χ2n) is 4.15. The lowest BCUT2D eigenvalue weighted by Gasteiger charge is -2.23. The van der Waals surface area contributed by atoms with E-state index in [1.54, 1.807) is 0 Å². The van der Waals surface area contributed by atoms with Gasteiger partial charge in [0.1, 0.15) is 0 Å². The predicted molar refractivity (Wildman–Crippen MR) is 60.5 cm³/mol. The molecular weight excluding hydrogens is 248 g/mol. The van der Waals surface area contributed by atoms with Crippen LogP contribution in [0.2, 0.25) is 0 Å². The Hall–Kier alpha value is -1.01. The van der Waals surface area contributed by atoms with E-state index >= 15 is 0 Å². The van der Waals surface area contributed by atoms with Crippen LogP contribution >= 0.6 is 0 Å². The van der Waals surface area contributed by atoms with Crippen molar-refractivity contribution in [2.75, 3.05) is 18.8 Å². The molecule has 1 saturated heterocycles. The second-order valence-corrected chi connectivity index (χ2v) is 6.55. The van der Waals surface area contributed by atoms with E-state index in [0.717, 1.165) is 12.1 Å². The molecule has 1 atom stereocenters. The van der Waals surface area contributed by atoms with Gasteiger partial charge in [-0.05, 0) is 24.1 Å². The van der Waals surface area contributed by atoms with Gasteiger partial charge in [-0.15, -0.1) is 0 Å². The summed E-state index contributed by atoms with van der Waals surface area (Å²) in [7, 11) is -3.12. The van der Waals surface area contributed by atoms with Crippen LogP contribution in [0, 0.1) is 11.6 Å². The maximum atomic E-state index is 13.0. The molecule has 2 rings (SSSR count). The quantitative estimate of drug-likeness (QED) is 0.860. The van der Waals surface area contributed by atoms with E-state index in [1.165, 1.54) is 6.07 Å². The van der Waals surface area contributed by atoms with Crippen molar-refractivity contribution in [3.05, 3.63) is 35.4 Å². The first-order valence-corrected chi connectivity index (χ1v) is 7.07. The molecule has 0 aliphatic carbocycles. The van der Waals surface area contributed by atoms with Gasteiger partial charge in [0.2, 0.25) is 0 Å². The monoisotopic (exact) mass is 261 g/mol. The van der Waals surface area contributed by atoms with Crippen molar-refractivity contribution < 1.29 is 17.2 Å². The molecule has 1 aliphatic rings. The fourth-order valence-electron chi connectivity index (χ4n) is 1.90. The Morgan fingerprint density at radius 2 is 2.06 bits per heavy atom. The van der Waals surface area contributed by atoms with Crippen LogP contribution in [0.3, 0.4) is 0 Å². The summed E-state index contributed by atoms with van der Waals surface area (Å²) in [6.07, 6.45) is 0.215. The summed E-state index contributed by atoms with van der Waals surface area (Å²) in [6.45, 7) is 0.817. The van der Waals surface area contributed by atoms with Gasteiger partial charge >= 0.3 is 0 Å². The van der Waals surface area contributed by atoms with Crippen LogP contribution in [0.25, 0.3) is 0 Å². The molecule has 1 N–H and O–H groups in total. The van der Waals surface area contributed by atoms with Gasteiger partial charge in [-0.1, -0.05) is 6.07 Å². The highest BCUT2D eigenvalue weighted by atomic mass is 32.2. The van der Waals surface area contributed by atoms with Gasteiger partial charge in [-0.25, -0.2) is 17.2 Å². The zero-order valence-electron chi connectivity index (χ0n) is 9.12. The maximum absolute atomic E-state index is 13.0. The van der Waals surface area contributed by atoms with Gasteiger partial charge in [0.25, 0.3) is 0 Å². The summed E-state index contributed by atoms with van der Waals surface area (Å²) < 4.78 is 49.2. The number of hydrogen-bond acceptors (Lipinski definition) is 3. The molecule has 1 aliphatic heterocycles. The normalized spacial score (nSPS) is 23.5. The number of nitrogens with one attached hydrogen (secondary N) is 1. The molecular formula is C11H13F2NO2S. The van der Waals surface area contributed by atoms with Gasteiger partial charge < -0.3 is 5.32 Å². The minimum atomic E-state index is -3.12. The lowest BCUT2D eigenvalue weighted by molar-refractivity contribution is 0.505. The Labute approximate surface area is 98.8 Å². The third-order valence-corrected chi connectivity index (χ3v) is 5.01. The van der Waals surface area contributed by atoms with Crippen LogP contribution in [0.15, 0.2) is 18.2 Å². The average Bonchev–Trinajstić information content (AvgIpc) is 2.26. The number of rotatable bonds is 2. The molecule has 1 fully saturated rings. The highest BCUT2D eigenvalue weighted by Crippen LogP contribution is 2.15. The van der Waals surface area contributed by atoms with Crippen molar-refractivity contribution in [1.29, 1.82) is 0 Å². The maximum Gasteiger partial charge on any atom is 0.159 e. The van der Waals surface area contributed by atoms with Crippen LogP contribution in [0.1, 0.15) is 5.56 Å². The van der Waals surface area contributed by atoms with Gasteiger partial charge in [-0.2, -0.15) is 0 Å². The summed E-state index contributed by atoms with van der Waals surface area (Å²) in [5.74, 6) is -1.76. The highest BCUT2D eigenvalue weighted by molar-refractivity contribution is 7.92. The van der Waals surface area contributed by atoms with Crippen molar-refractivity contribution in [1.82, 2.24) is 5.32 Å². The van der Waals surface area contributed by atoms with Gasteiger partial charge in [-0.3, -0.25) is 0 Å². The molecule has 0 saturated carbocycles. The van der Waals surface area contributed by atoms with E-state index < -0.39 is 26.7 Å². The van der Waals surface area contributed by atoms with Gasteiger partial charge in [0.15, 0.2) is 21.5 Å². The molecule has 1 aromatic carbocycles. The lowest BCUT2D eigenvalue weighted by atomic mass is 10.1. The molecule has 1 heterocycles. The Bertz CT molecular complexity index is 516. The molecule has 6 heteroatoms. The largest absolute Gasteiger partial charge is 0.314 e. The molecule has 94 valence electrons. The minimum absolute atomic E-state index is 0.0986. The molecule has 0 bridgehead atoms. The zero-order chi connectivity index (χ0) is 12.5. The highest BCUT2D eigenvalue weighted by Gasteiger charge is 2.28. The fourth-order valence-corrected chi connectivity index (χ4v) is 3.48. The van der Waals surface area contributed by atoms with Gasteiger partial charge in [0, 0.05) is 13.1 Å². The first-order valence-electron chi connectivity index (χ1n) is 5.35. The Balaban J connectivity index is 2.17. The predicted octanol–water partition coefficient (Wildman–Crippen LogP) is 0.894. The van der Waals surface area contributed by atoms with Crippen molar-refractivity contribution in [3.63, 3.8) is 0 Å². The topological polar surface area (TPSA) is 46.2 Å². The Morgan fingerprint density at radius 3 is 2.71 bits per heavy atom. The number of halogens is 2. The zero-order valence-corrected chi connectivity index (χ0v) is 9.93. The standard InChI is InChI=1S/C11H13F2NO2S/c12-10-2-1-8(6-11(10)13)5-9-7-14-3-4-17(9,15)16/h1-2,6,9,14H,3-5,7H2. The Morgan fingerprint density at radius 1 is 1.29 bits per heavy atom. The molecule has 1 unspecified atom stereocenters. The van der Waals surface area contributed by atoms with E-state index in [0.29, 0.717) is 18.7 Å². The van der Waals surface area contributed by atoms with Crippen molar-refractivity contribution in [2.45, 2.75) is 11.7 Å². The number of sulfone groups is 1. The van der Waals surface area contributed by atoms with E-state index in [-0.39, 0.29) is 12.2 Å². The average molecular weight is 261 g/mol. The number of benzene rings is 1. The molecule has 0 radical (unpaired) electrons. The lowest BCUT2D eigenvalue weighted by Crippen LogP contribution is -2.45. The first-order chi connectivity index (χ1) is 7.99. The van der Waals surface area contributed by atoms with Crippen LogP contribution in [0.4, 0.5) is 8.78 Å². The summed E-state index contributed by atoms with van der Waals surface area (Å²) in [6, 6.07) is 3.50. The van der Waals surface area contributed by atoms with Crippen molar-refractivity contribution in [3.8, 4) is 0 Å². The second kappa shape index (κ2) is 4.70. The SMILES string of the molecule is O=S1(=O)CCNCC1Cc1ccc(F)c(F)c1. The first kappa shape index (κ1) is 12.4.